The normalized spacial score (nSPS) is 6.75. The molecule has 0 saturated carbocycles. The standard InChI is InChI=1S/H6P4.4V/c1-3-4-2;;;;/h3-4H,1-2H2;;;;. The fraction of sp³-hybridized carbons (Fsp3) is 0. The molecule has 4 unspecified atom stereocenters. The Hall–Kier alpha value is 4.06. The van der Waals surface area contributed by atoms with E-state index in [0.717, 1.165) is 15.9 Å². The van der Waals surface area contributed by atoms with E-state index < -0.39 is 0 Å². The van der Waals surface area contributed by atoms with Gasteiger partial charge in [0.05, 0.1) is 0 Å². The van der Waals surface area contributed by atoms with Gasteiger partial charge in [0.1, 0.15) is 0 Å². The van der Waals surface area contributed by atoms with Crippen LogP contribution in [0.15, 0.2) is 0 Å². The molecule has 0 bridgehead atoms. The fourth-order valence-corrected chi connectivity index (χ4v) is 0. The quantitative estimate of drug-likeness (QED) is 0.642. The van der Waals surface area contributed by atoms with Gasteiger partial charge < -0.3 is 0 Å². The van der Waals surface area contributed by atoms with Crippen molar-refractivity contribution in [2.24, 2.45) is 0 Å². The second-order valence-electron chi connectivity index (χ2n) is 0.289. The van der Waals surface area contributed by atoms with Gasteiger partial charge in [0, 0.05) is 74.2 Å². The zero-order chi connectivity index (χ0) is 3.41. The monoisotopic (exact) mass is 334 g/mol. The minimum Gasteiger partial charge on any atom is -0.110 e. The van der Waals surface area contributed by atoms with Crippen LogP contribution in [-0.4, -0.2) is 0 Å². The van der Waals surface area contributed by atoms with Crippen LogP contribution in [0.4, 0.5) is 0 Å². The van der Waals surface area contributed by atoms with Gasteiger partial charge in [0.25, 0.3) is 0 Å². The molecule has 0 aliphatic rings. The molecule has 0 heterocycles. The van der Waals surface area contributed by atoms with Crippen molar-refractivity contribution in [1.82, 2.24) is 0 Å². The van der Waals surface area contributed by atoms with Crippen molar-refractivity contribution in [3.8, 4) is 0 Å². The van der Waals surface area contributed by atoms with E-state index in [9.17, 15) is 0 Å². The van der Waals surface area contributed by atoms with Crippen molar-refractivity contribution < 1.29 is 74.2 Å². The van der Waals surface area contributed by atoms with Gasteiger partial charge in [-0.25, -0.2) is 0 Å². The Bertz CT molecular complexity index is 10.0. The first kappa shape index (κ1) is 29.6. The summed E-state index contributed by atoms with van der Waals surface area (Å²) in [5, 5.41) is 0. The summed E-state index contributed by atoms with van der Waals surface area (Å²) in [6, 6.07) is 0. The van der Waals surface area contributed by atoms with Crippen molar-refractivity contribution in [3.05, 3.63) is 0 Å². The number of hydrogen-bond donors (Lipinski definition) is 0. The Morgan fingerprint density at radius 1 is 0.625 bits per heavy atom. The third-order valence-corrected chi connectivity index (χ3v) is 6.75. The summed E-state index contributed by atoms with van der Waals surface area (Å²) in [4.78, 5) is 0. The van der Waals surface area contributed by atoms with Gasteiger partial charge >= 0.3 is 0 Å². The van der Waals surface area contributed by atoms with Crippen LogP contribution in [-0.2, 0) is 74.2 Å². The molecule has 0 aliphatic heterocycles. The van der Waals surface area contributed by atoms with Crippen LogP contribution >= 0.6 is 33.8 Å². The smallest absolute Gasteiger partial charge is 0 e. The van der Waals surface area contributed by atoms with Crippen molar-refractivity contribution in [2.45, 2.75) is 0 Å². The zero-order valence-electron chi connectivity index (χ0n) is 3.94. The van der Waals surface area contributed by atoms with E-state index in [-0.39, 0.29) is 74.2 Å². The molecule has 46 valence electrons. The van der Waals surface area contributed by atoms with Crippen LogP contribution in [0.1, 0.15) is 0 Å². The first-order valence-electron chi connectivity index (χ1n) is 0.827. The first-order chi connectivity index (χ1) is 1.91. The van der Waals surface area contributed by atoms with Gasteiger partial charge in [-0.3, -0.25) is 0 Å². The summed E-state index contributed by atoms with van der Waals surface area (Å²) in [6.07, 6.45) is 0. The zero-order valence-corrected chi connectivity index (χ0v) is 13.8. The van der Waals surface area contributed by atoms with Gasteiger partial charge in [0.15, 0.2) is 0 Å². The molecule has 4 atom stereocenters. The summed E-state index contributed by atoms with van der Waals surface area (Å²) < 4.78 is 0. The van der Waals surface area contributed by atoms with Crippen molar-refractivity contribution >= 4 is 33.8 Å². The molecule has 8 heavy (non-hydrogen) atoms. The second-order valence-corrected chi connectivity index (χ2v) is 7.79. The molecule has 0 spiro atoms. The van der Waals surface area contributed by atoms with Gasteiger partial charge in [-0.05, 0) is 0 Å². The molecule has 0 nitrogen and oxygen atoms in total. The molecule has 0 aliphatic carbocycles. The largest absolute Gasteiger partial charge is 0.110 e. The summed E-state index contributed by atoms with van der Waals surface area (Å²) in [6.45, 7) is 0. The van der Waals surface area contributed by atoms with Crippen LogP contribution in [0.5, 0.6) is 0 Å². The Labute approximate surface area is 107 Å². The first-order valence-corrected chi connectivity index (χ1v) is 7.45. The van der Waals surface area contributed by atoms with Crippen molar-refractivity contribution in [3.63, 3.8) is 0 Å². The van der Waals surface area contributed by atoms with Crippen LogP contribution in [0, 0.1) is 0 Å². The van der Waals surface area contributed by atoms with Gasteiger partial charge in [-0.2, -0.15) is 0 Å². The Kier molecular flexibility index (Phi) is 113. The van der Waals surface area contributed by atoms with Gasteiger partial charge in [-0.1, -0.05) is 15.9 Å². The summed E-state index contributed by atoms with van der Waals surface area (Å²) in [5.74, 6) is 0. The van der Waals surface area contributed by atoms with E-state index in [1.807, 2.05) is 0 Å². The summed E-state index contributed by atoms with van der Waals surface area (Å²) in [7, 11) is 7.44. The molecule has 0 rings (SSSR count). The molecule has 0 aromatic heterocycles. The van der Waals surface area contributed by atoms with Crippen LogP contribution in [0.3, 0.4) is 0 Å². The minimum absolute atomic E-state index is 0. The maximum Gasteiger partial charge on any atom is 0 e. The fourth-order valence-electron chi connectivity index (χ4n) is 0. The van der Waals surface area contributed by atoms with Gasteiger partial charge in [0.2, 0.25) is 0 Å². The average molecular weight is 334 g/mol. The molecular weight excluding hydrogens is 328 g/mol. The molecule has 0 fully saturated rings. The molecule has 8 heteroatoms. The van der Waals surface area contributed by atoms with Gasteiger partial charge in [-0.15, -0.1) is 17.9 Å². The molecule has 0 aromatic rings. The molecular formula is H6P4V4. The molecule has 4 radical (unpaired) electrons. The van der Waals surface area contributed by atoms with E-state index in [2.05, 4.69) is 17.9 Å². The van der Waals surface area contributed by atoms with E-state index in [4.69, 9.17) is 0 Å². The molecule has 0 N–H and O–H groups in total. The third kappa shape index (κ3) is 32.3. The predicted molar refractivity (Wildman–Crippen MR) is 36.1 cm³/mol. The molecule has 0 amide bonds. The van der Waals surface area contributed by atoms with E-state index >= 15 is 0 Å². The molecule has 0 aromatic carbocycles. The van der Waals surface area contributed by atoms with E-state index in [1.54, 1.807) is 0 Å². The Balaban J connectivity index is -0.00000000750. The van der Waals surface area contributed by atoms with Crippen LogP contribution in [0.25, 0.3) is 0 Å². The number of rotatable bonds is 1. The van der Waals surface area contributed by atoms with Crippen LogP contribution < -0.4 is 0 Å². The van der Waals surface area contributed by atoms with E-state index in [1.165, 1.54) is 0 Å². The molecule has 0 saturated heterocycles. The Morgan fingerprint density at radius 2 is 0.750 bits per heavy atom. The average Bonchev–Trinajstić information content (AvgIpc) is 1.37. The van der Waals surface area contributed by atoms with Crippen molar-refractivity contribution in [2.75, 3.05) is 0 Å². The summed E-state index contributed by atoms with van der Waals surface area (Å²) in [5.41, 5.74) is 0. The SMILES string of the molecule is PPPP.[V].[V].[V].[V]. The second kappa shape index (κ2) is 30.5. The maximum absolute atomic E-state index is 2.67. The predicted octanol–water partition coefficient (Wildman–Crippen LogP) is 1.83. The Morgan fingerprint density at radius 3 is 0.750 bits per heavy atom. The van der Waals surface area contributed by atoms with E-state index in [0.29, 0.717) is 0 Å². The summed E-state index contributed by atoms with van der Waals surface area (Å²) >= 11 is 0. The van der Waals surface area contributed by atoms with Crippen molar-refractivity contribution in [1.29, 1.82) is 0 Å². The minimum atomic E-state index is 0. The third-order valence-electron chi connectivity index (χ3n) is 0.0833. The van der Waals surface area contributed by atoms with Crippen LogP contribution in [0.2, 0.25) is 0 Å². The maximum atomic E-state index is 2.67. The number of hydrogen-bond acceptors (Lipinski definition) is 0. The topological polar surface area (TPSA) is 0 Å².